The zero-order valence-corrected chi connectivity index (χ0v) is 10.2. The molecule has 0 saturated carbocycles. The molecule has 15 heavy (non-hydrogen) atoms. The topological polar surface area (TPSA) is 29.9 Å². The Morgan fingerprint density at radius 3 is 2.93 bits per heavy atom. The summed E-state index contributed by atoms with van der Waals surface area (Å²) in [7, 11) is 0. The summed E-state index contributed by atoms with van der Waals surface area (Å²) in [4.78, 5) is 4.30. The second kappa shape index (κ2) is 6.49. The fourth-order valence-electron chi connectivity index (χ4n) is 1.56. The predicted octanol–water partition coefficient (Wildman–Crippen LogP) is 3.14. The summed E-state index contributed by atoms with van der Waals surface area (Å²) in [5, 5.41) is 3.33. The van der Waals surface area contributed by atoms with Crippen molar-refractivity contribution < 1.29 is 0 Å². The third kappa shape index (κ3) is 4.36. The van der Waals surface area contributed by atoms with Crippen LogP contribution >= 0.6 is 0 Å². The van der Waals surface area contributed by atoms with Gasteiger partial charge in [-0.05, 0) is 25.2 Å². The molecular formula is C12H23N3. The first-order chi connectivity index (χ1) is 7.24. The normalized spacial score (nSPS) is 10.9. The van der Waals surface area contributed by atoms with Gasteiger partial charge in [-0.1, -0.05) is 20.8 Å². The molecular weight excluding hydrogens is 186 g/mol. The van der Waals surface area contributed by atoms with Crippen LogP contribution in [0.4, 0.5) is 5.95 Å². The van der Waals surface area contributed by atoms with E-state index in [4.69, 9.17) is 0 Å². The first kappa shape index (κ1) is 12.1. The highest BCUT2D eigenvalue weighted by Gasteiger charge is 2.01. The van der Waals surface area contributed by atoms with Gasteiger partial charge >= 0.3 is 0 Å². The minimum absolute atomic E-state index is 0.792. The highest BCUT2D eigenvalue weighted by molar-refractivity contribution is 5.25. The van der Waals surface area contributed by atoms with Crippen LogP contribution in [0.5, 0.6) is 0 Å². The average Bonchev–Trinajstić information content (AvgIpc) is 2.62. The molecule has 3 nitrogen and oxygen atoms in total. The van der Waals surface area contributed by atoms with E-state index in [0.717, 1.165) is 31.4 Å². The van der Waals surface area contributed by atoms with Crippen molar-refractivity contribution in [2.24, 2.45) is 5.92 Å². The smallest absolute Gasteiger partial charge is 0.202 e. The van der Waals surface area contributed by atoms with Crippen molar-refractivity contribution in [3.05, 3.63) is 12.4 Å². The lowest BCUT2D eigenvalue weighted by atomic mass is 10.1. The van der Waals surface area contributed by atoms with Crippen LogP contribution in [0.15, 0.2) is 12.4 Å². The second-order valence-electron chi connectivity index (χ2n) is 4.41. The Hall–Kier alpha value is -0.990. The van der Waals surface area contributed by atoms with Crippen molar-refractivity contribution in [3.8, 4) is 0 Å². The van der Waals surface area contributed by atoms with Crippen LogP contribution in [0.2, 0.25) is 0 Å². The predicted molar refractivity (Wildman–Crippen MR) is 65.1 cm³/mol. The molecule has 0 bridgehead atoms. The summed E-state index contributed by atoms with van der Waals surface area (Å²) in [6.07, 6.45) is 7.57. The molecule has 0 amide bonds. The maximum absolute atomic E-state index is 4.30. The van der Waals surface area contributed by atoms with Crippen molar-refractivity contribution >= 4 is 5.95 Å². The van der Waals surface area contributed by atoms with Gasteiger partial charge in [0.1, 0.15) is 0 Å². The summed E-state index contributed by atoms with van der Waals surface area (Å²) < 4.78 is 2.21. The second-order valence-corrected chi connectivity index (χ2v) is 4.41. The molecule has 0 saturated heterocycles. The molecule has 3 heteroatoms. The number of rotatable bonds is 7. The van der Waals surface area contributed by atoms with Gasteiger partial charge in [0, 0.05) is 25.5 Å². The first-order valence-corrected chi connectivity index (χ1v) is 5.99. The molecule has 1 aromatic heterocycles. The molecule has 0 aliphatic carbocycles. The molecule has 1 heterocycles. The van der Waals surface area contributed by atoms with Crippen molar-refractivity contribution in [2.45, 2.75) is 46.6 Å². The van der Waals surface area contributed by atoms with E-state index in [-0.39, 0.29) is 0 Å². The van der Waals surface area contributed by atoms with Gasteiger partial charge in [-0.2, -0.15) is 0 Å². The Kier molecular flexibility index (Phi) is 5.22. The van der Waals surface area contributed by atoms with Gasteiger partial charge in [0.15, 0.2) is 0 Å². The highest BCUT2D eigenvalue weighted by Crippen LogP contribution is 2.09. The molecule has 0 unspecified atom stereocenters. The first-order valence-electron chi connectivity index (χ1n) is 5.99. The maximum atomic E-state index is 4.30. The zero-order valence-electron chi connectivity index (χ0n) is 10.2. The van der Waals surface area contributed by atoms with Crippen LogP contribution in [0.25, 0.3) is 0 Å². The Morgan fingerprint density at radius 2 is 2.27 bits per heavy atom. The molecule has 0 fully saturated rings. The number of hydrogen-bond acceptors (Lipinski definition) is 2. The van der Waals surface area contributed by atoms with Crippen molar-refractivity contribution in [1.29, 1.82) is 0 Å². The minimum Gasteiger partial charge on any atom is -0.356 e. The molecule has 0 aliphatic rings. The lowest BCUT2D eigenvalue weighted by Crippen LogP contribution is -2.08. The SMILES string of the molecule is CCCNc1nccn1CCCC(C)C. The summed E-state index contributed by atoms with van der Waals surface area (Å²) in [5.41, 5.74) is 0. The van der Waals surface area contributed by atoms with E-state index in [1.54, 1.807) is 0 Å². The number of imidazole rings is 1. The molecule has 0 radical (unpaired) electrons. The van der Waals surface area contributed by atoms with Gasteiger partial charge in [-0.15, -0.1) is 0 Å². The number of nitrogens with one attached hydrogen (secondary N) is 1. The zero-order chi connectivity index (χ0) is 11.1. The van der Waals surface area contributed by atoms with Crippen LogP contribution in [0.3, 0.4) is 0 Å². The van der Waals surface area contributed by atoms with Gasteiger partial charge < -0.3 is 9.88 Å². The fraction of sp³-hybridized carbons (Fsp3) is 0.750. The average molecular weight is 209 g/mol. The van der Waals surface area contributed by atoms with E-state index < -0.39 is 0 Å². The molecule has 0 aliphatic heterocycles. The molecule has 0 atom stereocenters. The van der Waals surface area contributed by atoms with E-state index >= 15 is 0 Å². The lowest BCUT2D eigenvalue weighted by Gasteiger charge is -2.09. The number of aromatic nitrogens is 2. The summed E-state index contributed by atoms with van der Waals surface area (Å²) in [6, 6.07) is 0. The molecule has 1 aromatic rings. The highest BCUT2D eigenvalue weighted by atomic mass is 15.2. The minimum atomic E-state index is 0.792. The Labute approximate surface area is 92.9 Å². The van der Waals surface area contributed by atoms with Crippen molar-refractivity contribution in [1.82, 2.24) is 9.55 Å². The summed E-state index contributed by atoms with van der Waals surface area (Å²) in [5.74, 6) is 1.81. The van der Waals surface area contributed by atoms with Gasteiger partial charge in [-0.25, -0.2) is 4.98 Å². The van der Waals surface area contributed by atoms with Crippen LogP contribution in [-0.4, -0.2) is 16.1 Å². The van der Waals surface area contributed by atoms with Crippen LogP contribution in [0, 0.1) is 5.92 Å². The Morgan fingerprint density at radius 1 is 1.47 bits per heavy atom. The van der Waals surface area contributed by atoms with E-state index in [0.29, 0.717) is 0 Å². The van der Waals surface area contributed by atoms with Crippen LogP contribution in [-0.2, 0) is 6.54 Å². The molecule has 0 aromatic carbocycles. The Balaban J connectivity index is 2.35. The third-order valence-corrected chi connectivity index (χ3v) is 2.43. The van der Waals surface area contributed by atoms with Gasteiger partial charge in [0.05, 0.1) is 0 Å². The summed E-state index contributed by atoms with van der Waals surface area (Å²) >= 11 is 0. The van der Waals surface area contributed by atoms with Crippen molar-refractivity contribution in [2.75, 3.05) is 11.9 Å². The monoisotopic (exact) mass is 209 g/mol. The molecule has 0 spiro atoms. The van der Waals surface area contributed by atoms with Gasteiger partial charge in [0.25, 0.3) is 0 Å². The summed E-state index contributed by atoms with van der Waals surface area (Å²) in [6.45, 7) is 8.78. The fourth-order valence-corrected chi connectivity index (χ4v) is 1.56. The lowest BCUT2D eigenvalue weighted by molar-refractivity contribution is 0.513. The van der Waals surface area contributed by atoms with E-state index in [2.05, 4.69) is 41.8 Å². The molecule has 86 valence electrons. The van der Waals surface area contributed by atoms with Crippen LogP contribution < -0.4 is 5.32 Å². The van der Waals surface area contributed by atoms with E-state index in [1.165, 1.54) is 12.8 Å². The van der Waals surface area contributed by atoms with Crippen LogP contribution in [0.1, 0.15) is 40.0 Å². The number of aryl methyl sites for hydroxylation is 1. The van der Waals surface area contributed by atoms with Gasteiger partial charge in [-0.3, -0.25) is 0 Å². The standard InChI is InChI=1S/C12H23N3/c1-4-7-13-12-14-8-10-15(12)9-5-6-11(2)3/h8,10-11H,4-7,9H2,1-3H3,(H,13,14). The number of hydrogen-bond donors (Lipinski definition) is 1. The largest absolute Gasteiger partial charge is 0.356 e. The maximum Gasteiger partial charge on any atom is 0.202 e. The van der Waals surface area contributed by atoms with E-state index in [1.807, 2.05) is 6.20 Å². The Bertz CT molecular complexity index is 266. The number of nitrogens with zero attached hydrogens (tertiary/aromatic N) is 2. The quantitative estimate of drug-likeness (QED) is 0.747. The molecule has 1 N–H and O–H groups in total. The van der Waals surface area contributed by atoms with Gasteiger partial charge in [0.2, 0.25) is 5.95 Å². The van der Waals surface area contributed by atoms with Crippen molar-refractivity contribution in [3.63, 3.8) is 0 Å². The number of anilines is 1. The van der Waals surface area contributed by atoms with E-state index in [9.17, 15) is 0 Å². The molecule has 1 rings (SSSR count). The third-order valence-electron chi connectivity index (χ3n) is 2.43.